The van der Waals surface area contributed by atoms with Gasteiger partial charge in [-0.25, -0.2) is 0 Å². The Labute approximate surface area is 155 Å². The van der Waals surface area contributed by atoms with Crippen molar-refractivity contribution in [2.24, 2.45) is 0 Å². The van der Waals surface area contributed by atoms with Crippen LogP contribution < -0.4 is 4.90 Å². The summed E-state index contributed by atoms with van der Waals surface area (Å²) < 4.78 is 6.44. The normalized spacial score (nSPS) is 17.9. The van der Waals surface area contributed by atoms with E-state index in [2.05, 4.69) is 87.2 Å². The van der Waals surface area contributed by atoms with Gasteiger partial charge in [0.15, 0.2) is 0 Å². The smallest absolute Gasteiger partial charge is 0.250 e. The van der Waals surface area contributed by atoms with Crippen LogP contribution in [0.2, 0.25) is 18.1 Å². The Morgan fingerprint density at radius 2 is 1.68 bits per heavy atom. The molecule has 0 aliphatic carbocycles. The summed E-state index contributed by atoms with van der Waals surface area (Å²) in [5, 5.41) is 0.174. The zero-order chi connectivity index (χ0) is 18.7. The lowest BCUT2D eigenvalue weighted by molar-refractivity contribution is 0.196. The molecule has 1 aromatic rings. The van der Waals surface area contributed by atoms with Gasteiger partial charge in [-0.1, -0.05) is 51.6 Å². The summed E-state index contributed by atoms with van der Waals surface area (Å²) in [6.07, 6.45) is 1.98. The minimum Gasteiger partial charge on any atom is -0.545 e. The monoisotopic (exact) mass is 358 g/mol. The number of nitrogens with zero attached hydrogens (tertiary/aromatic N) is 2. The van der Waals surface area contributed by atoms with Crippen molar-refractivity contribution in [1.82, 2.24) is 4.90 Å². The number of rotatable bonds is 6. The topological polar surface area (TPSA) is 15.7 Å². The fraction of sp³-hybridized carbons (Fsp3) is 0.524. The van der Waals surface area contributed by atoms with E-state index in [1.807, 2.05) is 6.08 Å². The van der Waals surface area contributed by atoms with E-state index in [0.717, 1.165) is 31.9 Å². The first-order valence-electron chi connectivity index (χ1n) is 9.20. The summed E-state index contributed by atoms with van der Waals surface area (Å²) in [5.41, 5.74) is 1.30. The maximum absolute atomic E-state index is 6.44. The highest BCUT2D eigenvalue weighted by Crippen LogP contribution is 2.38. The van der Waals surface area contributed by atoms with E-state index in [-0.39, 0.29) is 11.1 Å². The van der Waals surface area contributed by atoms with Crippen LogP contribution in [-0.2, 0) is 4.43 Å². The average Bonchev–Trinajstić information content (AvgIpc) is 2.55. The van der Waals surface area contributed by atoms with E-state index in [1.54, 1.807) is 0 Å². The molecule has 0 aromatic heterocycles. The molecule has 1 fully saturated rings. The molecule has 0 bridgehead atoms. The van der Waals surface area contributed by atoms with Crippen LogP contribution in [-0.4, -0.2) is 45.4 Å². The van der Waals surface area contributed by atoms with Crippen LogP contribution in [0.15, 0.2) is 55.3 Å². The summed E-state index contributed by atoms with van der Waals surface area (Å²) in [5.74, 6) is 0.856. The van der Waals surface area contributed by atoms with Crippen molar-refractivity contribution < 1.29 is 4.43 Å². The van der Waals surface area contributed by atoms with E-state index >= 15 is 0 Å². The number of benzene rings is 1. The molecule has 1 aliphatic heterocycles. The predicted molar refractivity (Wildman–Crippen MR) is 112 cm³/mol. The minimum absolute atomic E-state index is 0.0899. The lowest BCUT2D eigenvalue weighted by atomic mass is 10.1. The van der Waals surface area contributed by atoms with Crippen molar-refractivity contribution >= 4 is 14.0 Å². The maximum Gasteiger partial charge on any atom is 0.250 e. The van der Waals surface area contributed by atoms with Gasteiger partial charge in [0.2, 0.25) is 8.32 Å². The molecule has 1 aliphatic rings. The van der Waals surface area contributed by atoms with Gasteiger partial charge in [-0.2, -0.15) is 0 Å². The molecule has 2 rings (SSSR count). The van der Waals surface area contributed by atoms with Gasteiger partial charge < -0.3 is 9.33 Å². The van der Waals surface area contributed by atoms with Crippen LogP contribution in [0, 0.1) is 0 Å². The number of hydrogen-bond donors (Lipinski definition) is 0. The fourth-order valence-corrected chi connectivity index (χ4v) is 4.00. The molecule has 3 nitrogen and oxygen atoms in total. The molecule has 0 saturated carbocycles. The summed E-state index contributed by atoms with van der Waals surface area (Å²) in [4.78, 5) is 4.87. The molecule has 25 heavy (non-hydrogen) atoms. The predicted octanol–water partition coefficient (Wildman–Crippen LogP) is 4.90. The summed E-state index contributed by atoms with van der Waals surface area (Å²) in [6, 6.07) is 10.7. The van der Waals surface area contributed by atoms with E-state index in [0.29, 0.717) is 0 Å². The van der Waals surface area contributed by atoms with E-state index in [1.165, 1.54) is 5.69 Å². The number of anilines is 1. The van der Waals surface area contributed by atoms with Crippen LogP contribution >= 0.6 is 0 Å². The highest BCUT2D eigenvalue weighted by atomic mass is 28.4. The Bertz CT molecular complexity index is 584. The molecule has 1 aromatic carbocycles. The zero-order valence-electron chi connectivity index (χ0n) is 16.6. The third-order valence-electron chi connectivity index (χ3n) is 5.57. The van der Waals surface area contributed by atoms with Gasteiger partial charge in [-0.3, -0.25) is 4.90 Å². The first-order chi connectivity index (χ1) is 11.7. The van der Waals surface area contributed by atoms with Gasteiger partial charge in [-0.15, -0.1) is 6.58 Å². The summed E-state index contributed by atoms with van der Waals surface area (Å²) in [6.45, 7) is 23.6. The van der Waals surface area contributed by atoms with E-state index < -0.39 is 8.32 Å². The summed E-state index contributed by atoms with van der Waals surface area (Å²) >= 11 is 0. The Morgan fingerprint density at radius 3 is 2.16 bits per heavy atom. The zero-order valence-corrected chi connectivity index (χ0v) is 17.6. The Hall–Kier alpha value is -1.52. The molecule has 0 N–H and O–H groups in total. The molecular weight excluding hydrogens is 324 g/mol. The van der Waals surface area contributed by atoms with Crippen molar-refractivity contribution in [2.75, 3.05) is 31.1 Å². The molecule has 1 heterocycles. The van der Waals surface area contributed by atoms with Crippen LogP contribution in [0.3, 0.4) is 0 Å². The number of hydrogen-bond acceptors (Lipinski definition) is 3. The molecule has 1 atom stereocenters. The van der Waals surface area contributed by atoms with E-state index in [4.69, 9.17) is 4.43 Å². The Morgan fingerprint density at radius 1 is 1.12 bits per heavy atom. The second kappa shape index (κ2) is 7.79. The molecule has 1 saturated heterocycles. The lowest BCUT2D eigenvalue weighted by Crippen LogP contribution is -2.51. The van der Waals surface area contributed by atoms with Crippen molar-refractivity contribution in [3.8, 4) is 0 Å². The Kier molecular flexibility index (Phi) is 6.17. The molecule has 0 spiro atoms. The van der Waals surface area contributed by atoms with Gasteiger partial charge in [0.25, 0.3) is 0 Å². The summed E-state index contributed by atoms with van der Waals surface area (Å²) in [7, 11) is -1.86. The average molecular weight is 359 g/mol. The van der Waals surface area contributed by atoms with Gasteiger partial charge in [0, 0.05) is 31.9 Å². The lowest BCUT2D eigenvalue weighted by Gasteiger charge is -2.43. The largest absolute Gasteiger partial charge is 0.545 e. The first-order valence-corrected chi connectivity index (χ1v) is 12.1. The number of para-hydroxylation sites is 1. The highest BCUT2D eigenvalue weighted by molar-refractivity contribution is 6.74. The van der Waals surface area contributed by atoms with E-state index in [9.17, 15) is 0 Å². The van der Waals surface area contributed by atoms with Crippen LogP contribution in [0.4, 0.5) is 5.69 Å². The third-order valence-corrected chi connectivity index (χ3v) is 9.96. The van der Waals surface area contributed by atoms with Gasteiger partial charge in [0.05, 0.1) is 11.8 Å². The Balaban J connectivity index is 1.98. The fourth-order valence-electron chi connectivity index (χ4n) is 2.92. The highest BCUT2D eigenvalue weighted by Gasteiger charge is 2.40. The van der Waals surface area contributed by atoms with Gasteiger partial charge in [-0.05, 0) is 30.3 Å². The quantitative estimate of drug-likeness (QED) is 0.409. The maximum atomic E-state index is 6.44. The van der Waals surface area contributed by atoms with Crippen LogP contribution in [0.1, 0.15) is 20.8 Å². The molecule has 0 unspecified atom stereocenters. The second-order valence-corrected chi connectivity index (χ2v) is 13.1. The molecule has 138 valence electrons. The van der Waals surface area contributed by atoms with Crippen molar-refractivity contribution in [1.29, 1.82) is 0 Å². The molecule has 0 radical (unpaired) electrons. The van der Waals surface area contributed by atoms with Gasteiger partial charge in [0.1, 0.15) is 0 Å². The first kappa shape index (κ1) is 19.8. The molecular formula is C21H34N2OSi. The molecule has 0 amide bonds. The van der Waals surface area contributed by atoms with Crippen LogP contribution in [0.5, 0.6) is 0 Å². The standard InChI is InChI=1S/C21H34N2OSi/c1-8-20(18(2)24-25(6,7)21(3,4)5)23-16-14-22(15-17-23)19-12-10-9-11-13-19/h8-13,20H,1-2,14-17H2,3-7H3/t20-/m0/s1. The van der Waals surface area contributed by atoms with Gasteiger partial charge >= 0.3 is 0 Å². The van der Waals surface area contributed by atoms with Crippen molar-refractivity contribution in [2.45, 2.75) is 44.9 Å². The second-order valence-electron chi connectivity index (χ2n) is 8.37. The van der Waals surface area contributed by atoms with Crippen LogP contribution in [0.25, 0.3) is 0 Å². The SMILES string of the molecule is C=C[C@@H](C(=C)O[Si](C)(C)C(C)(C)C)N1CCN(c2ccccc2)CC1. The minimum atomic E-state index is -1.86. The molecule has 4 heteroatoms. The third kappa shape index (κ3) is 4.76. The van der Waals surface area contributed by atoms with Crippen molar-refractivity contribution in [3.05, 3.63) is 55.3 Å². The van der Waals surface area contributed by atoms with Crippen molar-refractivity contribution in [3.63, 3.8) is 0 Å². The number of piperazine rings is 1.